The standard InChI is InChI=1S/C24H26FN5O5/c1-14(2)13-30(24(35)23(34)28(3)4)17-6-5-11-29-20(17)27-18(19(31)22(29)33)21(32)26-12-15-7-9-16(25)10-8-15/h5-11,14,31H,12-13H2,1-4H3,(H,26,32). The van der Waals surface area contributed by atoms with Crippen molar-refractivity contribution in [3.63, 3.8) is 0 Å². The molecule has 184 valence electrons. The van der Waals surface area contributed by atoms with Crippen LogP contribution in [0.2, 0.25) is 0 Å². The summed E-state index contributed by atoms with van der Waals surface area (Å²) in [5, 5.41) is 12.9. The Labute approximate surface area is 200 Å². The molecule has 10 nitrogen and oxygen atoms in total. The molecule has 0 aliphatic carbocycles. The number of hydrogen-bond donors (Lipinski definition) is 2. The highest BCUT2D eigenvalue weighted by molar-refractivity contribution is 6.40. The fraction of sp³-hybridized carbons (Fsp3) is 0.292. The van der Waals surface area contributed by atoms with Crippen molar-refractivity contribution in [3.8, 4) is 5.75 Å². The molecule has 2 heterocycles. The van der Waals surface area contributed by atoms with Crippen LogP contribution in [0.4, 0.5) is 10.1 Å². The molecule has 0 fully saturated rings. The maximum Gasteiger partial charge on any atom is 0.316 e. The van der Waals surface area contributed by atoms with Gasteiger partial charge in [-0.15, -0.1) is 0 Å². The van der Waals surface area contributed by atoms with E-state index in [2.05, 4.69) is 10.3 Å². The van der Waals surface area contributed by atoms with E-state index in [1.807, 2.05) is 13.8 Å². The lowest BCUT2D eigenvalue weighted by Gasteiger charge is -2.26. The second kappa shape index (κ2) is 10.3. The smallest absolute Gasteiger partial charge is 0.316 e. The Morgan fingerprint density at radius 3 is 2.37 bits per heavy atom. The first kappa shape index (κ1) is 25.3. The van der Waals surface area contributed by atoms with E-state index in [9.17, 15) is 28.7 Å². The Morgan fingerprint density at radius 1 is 1.11 bits per heavy atom. The molecule has 35 heavy (non-hydrogen) atoms. The topological polar surface area (TPSA) is 124 Å². The molecule has 3 amide bonds. The molecule has 0 saturated heterocycles. The second-order valence-electron chi connectivity index (χ2n) is 8.52. The maximum atomic E-state index is 13.1. The van der Waals surface area contributed by atoms with Gasteiger partial charge in [-0.25, -0.2) is 9.37 Å². The number of likely N-dealkylation sites (N-methyl/N-ethyl adjacent to an activating group) is 1. The van der Waals surface area contributed by atoms with Crippen LogP contribution >= 0.6 is 0 Å². The summed E-state index contributed by atoms with van der Waals surface area (Å²) in [6.07, 6.45) is 1.33. The number of benzene rings is 1. The normalized spacial score (nSPS) is 10.9. The molecule has 0 spiro atoms. The summed E-state index contributed by atoms with van der Waals surface area (Å²) >= 11 is 0. The Kier molecular flexibility index (Phi) is 7.48. The van der Waals surface area contributed by atoms with Gasteiger partial charge in [0.2, 0.25) is 5.75 Å². The average Bonchev–Trinajstić information content (AvgIpc) is 2.82. The van der Waals surface area contributed by atoms with Crippen molar-refractivity contribution in [1.82, 2.24) is 19.6 Å². The molecule has 0 atom stereocenters. The minimum atomic E-state index is -0.917. The van der Waals surface area contributed by atoms with Crippen molar-refractivity contribution >= 4 is 29.1 Å². The van der Waals surface area contributed by atoms with Gasteiger partial charge in [0.15, 0.2) is 11.3 Å². The molecule has 1 aromatic carbocycles. The Bertz CT molecular complexity index is 1330. The number of nitrogens with one attached hydrogen (secondary N) is 1. The van der Waals surface area contributed by atoms with Gasteiger partial charge in [0.05, 0.1) is 5.69 Å². The summed E-state index contributed by atoms with van der Waals surface area (Å²) in [7, 11) is 2.89. The van der Waals surface area contributed by atoms with Gasteiger partial charge in [-0.2, -0.15) is 0 Å². The molecular weight excluding hydrogens is 457 g/mol. The van der Waals surface area contributed by atoms with Gasteiger partial charge in [-0.3, -0.25) is 23.6 Å². The lowest BCUT2D eigenvalue weighted by atomic mass is 10.2. The third-order valence-corrected chi connectivity index (χ3v) is 5.06. The van der Waals surface area contributed by atoms with Gasteiger partial charge in [0.1, 0.15) is 5.82 Å². The van der Waals surface area contributed by atoms with E-state index in [-0.39, 0.29) is 30.3 Å². The van der Waals surface area contributed by atoms with Crippen molar-refractivity contribution < 1.29 is 23.9 Å². The molecule has 11 heteroatoms. The quantitative estimate of drug-likeness (QED) is 0.513. The SMILES string of the molecule is CC(C)CN(C(=O)C(=O)N(C)C)c1cccn2c(=O)c(O)c(C(=O)NCc3ccc(F)cc3)nc12. The summed E-state index contributed by atoms with van der Waals surface area (Å²) in [6.45, 7) is 3.84. The molecule has 0 saturated carbocycles. The van der Waals surface area contributed by atoms with E-state index in [1.165, 1.54) is 61.6 Å². The van der Waals surface area contributed by atoms with E-state index >= 15 is 0 Å². The van der Waals surface area contributed by atoms with Gasteiger partial charge in [-0.05, 0) is 35.7 Å². The lowest BCUT2D eigenvalue weighted by Crippen LogP contribution is -2.44. The number of carbonyl (C=O) groups is 3. The predicted octanol–water partition coefficient (Wildman–Crippen LogP) is 1.55. The number of pyridine rings is 1. The monoisotopic (exact) mass is 483 g/mol. The largest absolute Gasteiger partial charge is 0.501 e. The van der Waals surface area contributed by atoms with E-state index in [4.69, 9.17) is 0 Å². The molecule has 3 aromatic rings. The minimum Gasteiger partial charge on any atom is -0.501 e. The second-order valence-corrected chi connectivity index (χ2v) is 8.52. The number of hydrogen-bond acceptors (Lipinski definition) is 6. The molecule has 0 bridgehead atoms. The lowest BCUT2D eigenvalue weighted by molar-refractivity contribution is -0.142. The summed E-state index contributed by atoms with van der Waals surface area (Å²) in [5.74, 6) is -3.79. The van der Waals surface area contributed by atoms with Gasteiger partial charge in [-0.1, -0.05) is 26.0 Å². The van der Waals surface area contributed by atoms with Crippen LogP contribution in [0.5, 0.6) is 5.75 Å². The van der Waals surface area contributed by atoms with E-state index in [0.29, 0.717) is 5.56 Å². The zero-order valence-corrected chi connectivity index (χ0v) is 19.8. The Morgan fingerprint density at radius 2 is 1.77 bits per heavy atom. The first-order valence-electron chi connectivity index (χ1n) is 10.8. The highest BCUT2D eigenvalue weighted by Crippen LogP contribution is 2.23. The van der Waals surface area contributed by atoms with E-state index < -0.39 is 40.5 Å². The minimum absolute atomic E-state index is 0.00343. The first-order valence-corrected chi connectivity index (χ1v) is 10.8. The highest BCUT2D eigenvalue weighted by atomic mass is 19.1. The summed E-state index contributed by atoms with van der Waals surface area (Å²) in [6, 6.07) is 8.41. The van der Waals surface area contributed by atoms with Crippen molar-refractivity contribution in [2.45, 2.75) is 20.4 Å². The number of halogens is 1. The number of carbonyl (C=O) groups excluding carboxylic acids is 3. The average molecular weight is 484 g/mol. The van der Waals surface area contributed by atoms with Crippen LogP contribution in [0.3, 0.4) is 0 Å². The van der Waals surface area contributed by atoms with Crippen LogP contribution in [0.25, 0.3) is 5.65 Å². The number of fused-ring (bicyclic) bond motifs is 1. The molecular formula is C24H26FN5O5. The molecule has 2 aromatic heterocycles. The number of nitrogens with zero attached hydrogens (tertiary/aromatic N) is 4. The van der Waals surface area contributed by atoms with Crippen LogP contribution in [0, 0.1) is 11.7 Å². The maximum absolute atomic E-state index is 13.1. The number of aromatic nitrogens is 2. The van der Waals surface area contributed by atoms with Crippen molar-refractivity contribution in [2.24, 2.45) is 5.92 Å². The summed E-state index contributed by atoms with van der Waals surface area (Å²) in [4.78, 5) is 57.6. The Balaban J connectivity index is 2.07. The predicted molar refractivity (Wildman–Crippen MR) is 127 cm³/mol. The number of aromatic hydroxyl groups is 1. The fourth-order valence-corrected chi connectivity index (χ4v) is 3.34. The molecule has 0 unspecified atom stereocenters. The van der Waals surface area contributed by atoms with Crippen LogP contribution in [0.1, 0.15) is 29.9 Å². The molecule has 0 aliphatic rings. The van der Waals surface area contributed by atoms with E-state index in [0.717, 1.165) is 9.30 Å². The van der Waals surface area contributed by atoms with Gasteiger partial charge >= 0.3 is 17.4 Å². The molecule has 2 N–H and O–H groups in total. The van der Waals surface area contributed by atoms with Crippen LogP contribution in [-0.2, 0) is 16.1 Å². The Hall–Kier alpha value is -4.28. The van der Waals surface area contributed by atoms with Gasteiger partial charge in [0.25, 0.3) is 5.91 Å². The van der Waals surface area contributed by atoms with Crippen LogP contribution in [-0.4, -0.2) is 57.8 Å². The fourth-order valence-electron chi connectivity index (χ4n) is 3.34. The number of anilines is 1. The zero-order chi connectivity index (χ0) is 25.9. The third kappa shape index (κ3) is 5.45. The van der Waals surface area contributed by atoms with Gasteiger partial charge < -0.3 is 20.2 Å². The summed E-state index contributed by atoms with van der Waals surface area (Å²) < 4.78 is 14.1. The van der Waals surface area contributed by atoms with Crippen molar-refractivity contribution in [2.75, 3.05) is 25.5 Å². The van der Waals surface area contributed by atoms with Crippen molar-refractivity contribution in [3.05, 3.63) is 70.0 Å². The van der Waals surface area contributed by atoms with Gasteiger partial charge in [0, 0.05) is 33.4 Å². The summed E-state index contributed by atoms with van der Waals surface area (Å²) in [5.41, 5.74) is -0.817. The molecule has 0 radical (unpaired) electrons. The third-order valence-electron chi connectivity index (χ3n) is 5.06. The van der Waals surface area contributed by atoms with Crippen LogP contribution < -0.4 is 15.8 Å². The number of amides is 3. The van der Waals surface area contributed by atoms with E-state index in [1.54, 1.807) is 0 Å². The first-order chi connectivity index (χ1) is 16.5. The zero-order valence-electron chi connectivity index (χ0n) is 19.8. The molecule has 0 aliphatic heterocycles. The number of rotatable bonds is 6. The van der Waals surface area contributed by atoms with Crippen LogP contribution in [0.15, 0.2) is 47.4 Å². The molecule has 3 rings (SSSR count). The van der Waals surface area contributed by atoms with Crippen molar-refractivity contribution in [1.29, 1.82) is 0 Å². The highest BCUT2D eigenvalue weighted by Gasteiger charge is 2.29.